The summed E-state index contributed by atoms with van der Waals surface area (Å²) in [5.41, 5.74) is 0.326. The molecule has 0 amide bonds. The van der Waals surface area contributed by atoms with Crippen LogP contribution >= 0.6 is 0 Å². The van der Waals surface area contributed by atoms with Crippen LogP contribution in [0.3, 0.4) is 0 Å². The Morgan fingerprint density at radius 3 is 2.57 bits per heavy atom. The van der Waals surface area contributed by atoms with E-state index in [4.69, 9.17) is 10.00 Å². The molecule has 0 spiro atoms. The molecule has 0 aliphatic rings. The van der Waals surface area contributed by atoms with Crippen molar-refractivity contribution in [3.8, 4) is 11.8 Å². The van der Waals surface area contributed by atoms with Crippen molar-refractivity contribution in [2.45, 2.75) is 11.3 Å². The van der Waals surface area contributed by atoms with Crippen molar-refractivity contribution in [2.24, 2.45) is 0 Å². The summed E-state index contributed by atoms with van der Waals surface area (Å²) >= 11 is 0. The molecule has 0 aromatic heterocycles. The summed E-state index contributed by atoms with van der Waals surface area (Å²) < 4.78 is 31.7. The standard InChI is InChI=1S/C17H18N2O3S/c1-19(11-6-12-22-16-8-3-2-4-9-16)23(20,21)17-10-5-7-15(13-17)14-18/h2-5,7-10,13H,6,11-12H2,1H3. The molecule has 2 aromatic carbocycles. The minimum atomic E-state index is -3.59. The summed E-state index contributed by atoms with van der Waals surface area (Å²) in [6.45, 7) is 0.772. The average Bonchev–Trinajstić information content (AvgIpc) is 2.59. The number of nitriles is 1. The number of rotatable bonds is 7. The summed E-state index contributed by atoms with van der Waals surface area (Å²) in [4.78, 5) is 0.128. The molecule has 0 N–H and O–H groups in total. The molecular formula is C17H18N2O3S. The van der Waals surface area contributed by atoms with Gasteiger partial charge in [-0.2, -0.15) is 5.26 Å². The Kier molecular flexibility index (Phi) is 5.74. The fourth-order valence-electron chi connectivity index (χ4n) is 2.02. The maximum absolute atomic E-state index is 12.4. The van der Waals surface area contributed by atoms with Crippen LogP contribution < -0.4 is 4.74 Å². The second kappa shape index (κ2) is 7.77. The first-order valence-corrected chi connectivity index (χ1v) is 8.62. The second-order valence-corrected chi connectivity index (χ2v) is 7.03. The predicted molar refractivity (Wildman–Crippen MR) is 87.5 cm³/mol. The minimum Gasteiger partial charge on any atom is -0.494 e. The van der Waals surface area contributed by atoms with Crippen LogP contribution in [-0.4, -0.2) is 32.9 Å². The van der Waals surface area contributed by atoms with Crippen molar-refractivity contribution in [3.05, 3.63) is 60.2 Å². The van der Waals surface area contributed by atoms with E-state index in [0.29, 0.717) is 25.1 Å². The van der Waals surface area contributed by atoms with Gasteiger partial charge in [0.2, 0.25) is 10.0 Å². The molecule has 0 saturated heterocycles. The van der Waals surface area contributed by atoms with Crippen LogP contribution in [0.5, 0.6) is 5.75 Å². The van der Waals surface area contributed by atoms with Gasteiger partial charge in [-0.1, -0.05) is 24.3 Å². The predicted octanol–water partition coefficient (Wildman–Crippen LogP) is 2.65. The molecule has 2 rings (SSSR count). The lowest BCUT2D eigenvalue weighted by Crippen LogP contribution is -2.28. The Morgan fingerprint density at radius 2 is 1.87 bits per heavy atom. The summed E-state index contributed by atoms with van der Waals surface area (Å²) in [5, 5.41) is 8.87. The smallest absolute Gasteiger partial charge is 0.242 e. The van der Waals surface area contributed by atoms with Crippen LogP contribution in [0.15, 0.2) is 59.5 Å². The van der Waals surface area contributed by atoms with Crippen molar-refractivity contribution >= 4 is 10.0 Å². The van der Waals surface area contributed by atoms with Gasteiger partial charge >= 0.3 is 0 Å². The quantitative estimate of drug-likeness (QED) is 0.732. The molecule has 0 atom stereocenters. The Hall–Kier alpha value is -2.36. The molecule has 23 heavy (non-hydrogen) atoms. The molecule has 0 unspecified atom stereocenters. The molecule has 5 nitrogen and oxygen atoms in total. The van der Waals surface area contributed by atoms with E-state index in [0.717, 1.165) is 5.75 Å². The molecule has 0 bridgehead atoms. The minimum absolute atomic E-state index is 0.128. The zero-order chi connectivity index (χ0) is 16.7. The first-order chi connectivity index (χ1) is 11.0. The number of ether oxygens (including phenoxy) is 1. The molecule has 0 saturated carbocycles. The fraction of sp³-hybridized carbons (Fsp3) is 0.235. The van der Waals surface area contributed by atoms with Gasteiger partial charge in [-0.05, 0) is 36.8 Å². The van der Waals surface area contributed by atoms with Crippen LogP contribution in [-0.2, 0) is 10.0 Å². The molecule has 6 heteroatoms. The largest absolute Gasteiger partial charge is 0.494 e. The summed E-state index contributed by atoms with van der Waals surface area (Å²) in [7, 11) is -2.07. The van der Waals surface area contributed by atoms with Gasteiger partial charge in [0, 0.05) is 13.6 Å². The van der Waals surface area contributed by atoms with Crippen LogP contribution in [0.25, 0.3) is 0 Å². The zero-order valence-corrected chi connectivity index (χ0v) is 13.7. The molecular weight excluding hydrogens is 312 g/mol. The van der Waals surface area contributed by atoms with Crippen LogP contribution in [0.2, 0.25) is 0 Å². The van der Waals surface area contributed by atoms with E-state index in [1.165, 1.54) is 23.5 Å². The molecule has 0 aliphatic carbocycles. The molecule has 0 aliphatic heterocycles. The molecule has 0 heterocycles. The summed E-state index contributed by atoms with van der Waals surface area (Å²) in [6.07, 6.45) is 0.572. The number of benzene rings is 2. The van der Waals surface area contributed by atoms with Gasteiger partial charge < -0.3 is 4.74 Å². The number of hydrogen-bond donors (Lipinski definition) is 0. The third-order valence-corrected chi connectivity index (χ3v) is 5.15. The van der Waals surface area contributed by atoms with Gasteiger partial charge in [-0.25, -0.2) is 12.7 Å². The van der Waals surface area contributed by atoms with Crippen molar-refractivity contribution in [3.63, 3.8) is 0 Å². The van der Waals surface area contributed by atoms with Gasteiger partial charge in [0.1, 0.15) is 5.75 Å². The lowest BCUT2D eigenvalue weighted by Gasteiger charge is -2.17. The number of para-hydroxylation sites is 1. The van der Waals surface area contributed by atoms with E-state index in [1.807, 2.05) is 36.4 Å². The first kappa shape index (κ1) is 17.0. The van der Waals surface area contributed by atoms with E-state index in [2.05, 4.69) is 0 Å². The van der Waals surface area contributed by atoms with Crippen LogP contribution in [0.1, 0.15) is 12.0 Å². The van der Waals surface area contributed by atoms with Crippen molar-refractivity contribution in [2.75, 3.05) is 20.2 Å². The highest BCUT2D eigenvalue weighted by Gasteiger charge is 2.20. The van der Waals surface area contributed by atoms with E-state index in [-0.39, 0.29) is 4.90 Å². The number of hydrogen-bond acceptors (Lipinski definition) is 4. The lowest BCUT2D eigenvalue weighted by atomic mass is 10.2. The Labute approximate surface area is 136 Å². The Balaban J connectivity index is 1.91. The first-order valence-electron chi connectivity index (χ1n) is 7.18. The van der Waals surface area contributed by atoms with Gasteiger partial charge in [-0.3, -0.25) is 0 Å². The SMILES string of the molecule is CN(CCCOc1ccccc1)S(=O)(=O)c1cccc(C#N)c1. The van der Waals surface area contributed by atoms with E-state index >= 15 is 0 Å². The molecule has 0 radical (unpaired) electrons. The van der Waals surface area contributed by atoms with Gasteiger partial charge in [0.25, 0.3) is 0 Å². The van der Waals surface area contributed by atoms with Gasteiger partial charge in [0.15, 0.2) is 0 Å². The third-order valence-electron chi connectivity index (χ3n) is 3.30. The summed E-state index contributed by atoms with van der Waals surface area (Å²) in [5.74, 6) is 0.764. The molecule has 2 aromatic rings. The van der Waals surface area contributed by atoms with Crippen LogP contribution in [0.4, 0.5) is 0 Å². The average molecular weight is 330 g/mol. The topological polar surface area (TPSA) is 70.4 Å². The van der Waals surface area contributed by atoms with E-state index in [1.54, 1.807) is 12.1 Å². The molecule has 0 fully saturated rings. The van der Waals surface area contributed by atoms with Gasteiger partial charge in [0.05, 0.1) is 23.1 Å². The maximum atomic E-state index is 12.4. The summed E-state index contributed by atoms with van der Waals surface area (Å²) in [6, 6.07) is 17.3. The fourth-order valence-corrected chi connectivity index (χ4v) is 3.28. The number of nitrogens with zero attached hydrogens (tertiary/aromatic N) is 2. The van der Waals surface area contributed by atoms with Crippen molar-refractivity contribution < 1.29 is 13.2 Å². The van der Waals surface area contributed by atoms with Crippen LogP contribution in [0, 0.1) is 11.3 Å². The van der Waals surface area contributed by atoms with Gasteiger partial charge in [-0.15, -0.1) is 0 Å². The van der Waals surface area contributed by atoms with Crippen molar-refractivity contribution in [1.29, 1.82) is 5.26 Å². The highest BCUT2D eigenvalue weighted by molar-refractivity contribution is 7.89. The monoisotopic (exact) mass is 330 g/mol. The maximum Gasteiger partial charge on any atom is 0.242 e. The highest BCUT2D eigenvalue weighted by atomic mass is 32.2. The lowest BCUT2D eigenvalue weighted by molar-refractivity contribution is 0.296. The molecule has 120 valence electrons. The number of sulfonamides is 1. The highest BCUT2D eigenvalue weighted by Crippen LogP contribution is 2.16. The van der Waals surface area contributed by atoms with E-state index in [9.17, 15) is 8.42 Å². The zero-order valence-electron chi connectivity index (χ0n) is 12.8. The van der Waals surface area contributed by atoms with E-state index < -0.39 is 10.0 Å². The second-order valence-electron chi connectivity index (χ2n) is 4.98. The Morgan fingerprint density at radius 1 is 1.13 bits per heavy atom. The third kappa shape index (κ3) is 4.55. The van der Waals surface area contributed by atoms with Crippen molar-refractivity contribution in [1.82, 2.24) is 4.31 Å². The normalized spacial score (nSPS) is 11.2. The Bertz CT molecular complexity index is 783.